The number of rotatable bonds is 5. The van der Waals surface area contributed by atoms with Crippen LogP contribution in [0.15, 0.2) is 24.3 Å². The van der Waals surface area contributed by atoms with E-state index in [9.17, 15) is 0 Å². The summed E-state index contributed by atoms with van der Waals surface area (Å²) in [7, 11) is 0. The van der Waals surface area contributed by atoms with Crippen molar-refractivity contribution in [1.29, 1.82) is 0 Å². The third-order valence-corrected chi connectivity index (χ3v) is 3.46. The van der Waals surface area contributed by atoms with Crippen LogP contribution in [0.4, 0.5) is 0 Å². The quantitative estimate of drug-likeness (QED) is 0.846. The number of nitrogens with one attached hydrogen (secondary N) is 1. The average Bonchev–Trinajstić information content (AvgIpc) is 2.67. The van der Waals surface area contributed by atoms with Gasteiger partial charge in [-0.25, -0.2) is 4.68 Å². The van der Waals surface area contributed by atoms with Crippen molar-refractivity contribution in [3.63, 3.8) is 0 Å². The molecule has 0 spiro atoms. The Bertz CT molecular complexity index is 561. The molecule has 0 bridgehead atoms. The monoisotopic (exact) mass is 277 g/mol. The van der Waals surface area contributed by atoms with E-state index >= 15 is 0 Å². The Balaban J connectivity index is 2.30. The zero-order valence-electron chi connectivity index (χ0n) is 11.7. The molecule has 0 saturated heterocycles. The van der Waals surface area contributed by atoms with Crippen LogP contribution >= 0.6 is 11.6 Å². The first-order chi connectivity index (χ1) is 9.13. The Morgan fingerprint density at radius 1 is 1.32 bits per heavy atom. The van der Waals surface area contributed by atoms with Gasteiger partial charge in [-0.15, -0.1) is 0 Å². The summed E-state index contributed by atoms with van der Waals surface area (Å²) in [6.07, 6.45) is 1.14. The number of aryl methyl sites for hydroxylation is 1. The third-order valence-electron chi connectivity index (χ3n) is 3.22. The fourth-order valence-electron chi connectivity index (χ4n) is 2.18. The largest absolute Gasteiger partial charge is 0.313 e. The van der Waals surface area contributed by atoms with E-state index in [-0.39, 0.29) is 0 Å². The summed E-state index contributed by atoms with van der Waals surface area (Å²) in [5.74, 6) is 0. The molecule has 0 amide bonds. The molecule has 0 radical (unpaired) electrons. The topological polar surface area (TPSA) is 29.9 Å². The van der Waals surface area contributed by atoms with Crippen LogP contribution in [0, 0.1) is 13.8 Å². The van der Waals surface area contributed by atoms with Crippen LogP contribution in [0.2, 0.25) is 5.02 Å². The number of nitrogens with zero attached hydrogens (tertiary/aromatic N) is 2. The zero-order chi connectivity index (χ0) is 13.8. The smallest absolute Gasteiger partial charge is 0.0663 e. The van der Waals surface area contributed by atoms with Crippen molar-refractivity contribution in [2.75, 3.05) is 6.54 Å². The fourth-order valence-corrected chi connectivity index (χ4v) is 2.36. The Kier molecular flexibility index (Phi) is 4.61. The molecule has 2 aromatic rings. The van der Waals surface area contributed by atoms with E-state index in [0.29, 0.717) is 0 Å². The number of hydrogen-bond donors (Lipinski definition) is 1. The molecule has 3 nitrogen and oxygen atoms in total. The van der Waals surface area contributed by atoms with Crippen LogP contribution in [-0.4, -0.2) is 16.3 Å². The maximum absolute atomic E-state index is 6.04. The predicted molar refractivity (Wildman–Crippen MR) is 80.0 cm³/mol. The second-order valence-electron chi connectivity index (χ2n) is 4.72. The highest BCUT2D eigenvalue weighted by molar-refractivity contribution is 6.30. The van der Waals surface area contributed by atoms with E-state index in [4.69, 9.17) is 11.6 Å². The van der Waals surface area contributed by atoms with Crippen LogP contribution in [0.3, 0.4) is 0 Å². The van der Waals surface area contributed by atoms with E-state index in [1.54, 1.807) is 0 Å². The highest BCUT2D eigenvalue weighted by Crippen LogP contribution is 2.20. The van der Waals surface area contributed by atoms with Gasteiger partial charge in [0.2, 0.25) is 0 Å². The number of halogens is 1. The predicted octanol–water partition coefficient (Wildman–Crippen LogP) is 3.64. The number of hydrogen-bond acceptors (Lipinski definition) is 2. The average molecular weight is 278 g/mol. The first-order valence-electron chi connectivity index (χ1n) is 6.65. The molecule has 102 valence electrons. The van der Waals surface area contributed by atoms with Crippen LogP contribution in [-0.2, 0) is 6.54 Å². The molecule has 0 aliphatic heterocycles. The summed E-state index contributed by atoms with van der Waals surface area (Å²) in [5, 5.41) is 8.78. The van der Waals surface area contributed by atoms with Crippen LogP contribution in [0.5, 0.6) is 0 Å². The van der Waals surface area contributed by atoms with Crippen molar-refractivity contribution >= 4 is 11.6 Å². The zero-order valence-corrected chi connectivity index (χ0v) is 12.5. The Hall–Kier alpha value is -1.32. The summed E-state index contributed by atoms with van der Waals surface area (Å²) in [6, 6.07) is 7.78. The third kappa shape index (κ3) is 3.17. The molecule has 4 heteroatoms. The lowest BCUT2D eigenvalue weighted by Gasteiger charge is -2.06. The van der Waals surface area contributed by atoms with Crippen molar-refractivity contribution in [3.8, 4) is 5.69 Å². The van der Waals surface area contributed by atoms with E-state index in [1.807, 2.05) is 28.9 Å². The molecular formula is C15H20ClN3. The lowest BCUT2D eigenvalue weighted by Crippen LogP contribution is -2.15. The van der Waals surface area contributed by atoms with Crippen molar-refractivity contribution in [1.82, 2.24) is 15.1 Å². The Morgan fingerprint density at radius 3 is 2.79 bits per heavy atom. The van der Waals surface area contributed by atoms with Crippen molar-refractivity contribution in [2.24, 2.45) is 0 Å². The first-order valence-corrected chi connectivity index (χ1v) is 7.03. The van der Waals surface area contributed by atoms with E-state index in [2.05, 4.69) is 31.2 Å². The molecule has 19 heavy (non-hydrogen) atoms. The van der Waals surface area contributed by atoms with Crippen LogP contribution in [0.1, 0.15) is 30.3 Å². The van der Waals surface area contributed by atoms with E-state index in [1.165, 1.54) is 11.3 Å². The Morgan fingerprint density at radius 2 is 2.11 bits per heavy atom. The summed E-state index contributed by atoms with van der Waals surface area (Å²) in [6.45, 7) is 8.22. The molecule has 1 aromatic heterocycles. The minimum Gasteiger partial charge on any atom is -0.313 e. The highest BCUT2D eigenvalue weighted by Gasteiger charge is 2.12. The summed E-state index contributed by atoms with van der Waals surface area (Å²) < 4.78 is 1.96. The van der Waals surface area contributed by atoms with Gasteiger partial charge in [0.05, 0.1) is 11.4 Å². The molecule has 0 fully saturated rings. The van der Waals surface area contributed by atoms with Gasteiger partial charge < -0.3 is 5.32 Å². The second kappa shape index (κ2) is 6.22. The molecule has 0 saturated carbocycles. The number of aromatic nitrogens is 2. The van der Waals surface area contributed by atoms with Gasteiger partial charge >= 0.3 is 0 Å². The molecule has 1 N–H and O–H groups in total. The summed E-state index contributed by atoms with van der Waals surface area (Å²) in [4.78, 5) is 0. The summed E-state index contributed by atoms with van der Waals surface area (Å²) in [5.41, 5.74) is 4.52. The molecule has 0 unspecified atom stereocenters. The molecule has 2 rings (SSSR count). The lowest BCUT2D eigenvalue weighted by atomic mass is 10.2. The van der Waals surface area contributed by atoms with Crippen LogP contribution in [0.25, 0.3) is 5.69 Å². The maximum atomic E-state index is 6.04. The van der Waals surface area contributed by atoms with Gasteiger partial charge in [0.15, 0.2) is 0 Å². The van der Waals surface area contributed by atoms with Gasteiger partial charge in [-0.05, 0) is 45.0 Å². The molecular weight excluding hydrogens is 258 g/mol. The first kappa shape index (κ1) is 14.1. The van der Waals surface area contributed by atoms with Gasteiger partial charge in [0.1, 0.15) is 0 Å². The highest BCUT2D eigenvalue weighted by atomic mass is 35.5. The summed E-state index contributed by atoms with van der Waals surface area (Å²) >= 11 is 6.04. The van der Waals surface area contributed by atoms with Gasteiger partial charge in [0, 0.05) is 22.8 Å². The second-order valence-corrected chi connectivity index (χ2v) is 5.15. The van der Waals surface area contributed by atoms with Gasteiger partial charge in [-0.3, -0.25) is 0 Å². The molecule has 0 atom stereocenters. The van der Waals surface area contributed by atoms with Gasteiger partial charge in [-0.1, -0.05) is 24.6 Å². The van der Waals surface area contributed by atoms with Gasteiger partial charge in [0.25, 0.3) is 0 Å². The molecule has 1 aromatic carbocycles. The number of benzene rings is 1. The van der Waals surface area contributed by atoms with Crippen molar-refractivity contribution < 1.29 is 0 Å². The minimum atomic E-state index is 0.732. The normalized spacial score (nSPS) is 10.9. The Labute approximate surface area is 119 Å². The standard InChI is InChI=1S/C15H20ClN3/c1-4-8-17-10-15-11(2)18-19(12(15)3)14-7-5-6-13(16)9-14/h5-7,9,17H,4,8,10H2,1-3H3. The fraction of sp³-hybridized carbons (Fsp3) is 0.400. The van der Waals surface area contributed by atoms with Crippen molar-refractivity contribution in [3.05, 3.63) is 46.2 Å². The molecule has 1 heterocycles. The molecule has 0 aliphatic rings. The van der Waals surface area contributed by atoms with Crippen molar-refractivity contribution in [2.45, 2.75) is 33.7 Å². The lowest BCUT2D eigenvalue weighted by molar-refractivity contribution is 0.670. The molecule has 0 aliphatic carbocycles. The van der Waals surface area contributed by atoms with E-state index in [0.717, 1.165) is 35.9 Å². The van der Waals surface area contributed by atoms with Gasteiger partial charge in [-0.2, -0.15) is 5.10 Å². The minimum absolute atomic E-state index is 0.732. The van der Waals surface area contributed by atoms with E-state index < -0.39 is 0 Å². The SMILES string of the molecule is CCCNCc1c(C)nn(-c2cccc(Cl)c2)c1C. The maximum Gasteiger partial charge on any atom is 0.0663 e. The van der Waals surface area contributed by atoms with Crippen LogP contribution < -0.4 is 5.32 Å².